The number of para-hydroxylation sites is 1. The first-order valence-corrected chi connectivity index (χ1v) is 4.93. The number of hydrogen-bond donors (Lipinski definition) is 2. The van der Waals surface area contributed by atoms with Crippen LogP contribution in [0.5, 0.6) is 0 Å². The summed E-state index contributed by atoms with van der Waals surface area (Å²) in [4.78, 5) is 14.9. The van der Waals surface area contributed by atoms with E-state index in [0.717, 1.165) is 11.3 Å². The molecule has 0 amide bonds. The van der Waals surface area contributed by atoms with Crippen molar-refractivity contribution >= 4 is 11.5 Å². The van der Waals surface area contributed by atoms with E-state index in [1.54, 1.807) is 6.92 Å². The summed E-state index contributed by atoms with van der Waals surface area (Å²) in [6.07, 6.45) is 0. The van der Waals surface area contributed by atoms with E-state index in [-0.39, 0.29) is 0 Å². The van der Waals surface area contributed by atoms with Crippen LogP contribution in [0.2, 0.25) is 0 Å². The first-order valence-electron chi connectivity index (χ1n) is 4.93. The third-order valence-corrected chi connectivity index (χ3v) is 2.27. The predicted octanol–water partition coefficient (Wildman–Crippen LogP) is 1.53. The van der Waals surface area contributed by atoms with Gasteiger partial charge in [0.1, 0.15) is 5.69 Å². The zero-order valence-corrected chi connectivity index (χ0v) is 9.11. The van der Waals surface area contributed by atoms with Crippen LogP contribution in [-0.2, 0) is 0 Å². The highest BCUT2D eigenvalue weighted by atomic mass is 16.1. The average Bonchev–Trinajstić information content (AvgIpc) is 2.27. The molecule has 2 N–H and O–H groups in total. The molecule has 0 atom stereocenters. The fourth-order valence-electron chi connectivity index (χ4n) is 1.35. The van der Waals surface area contributed by atoms with Gasteiger partial charge in [0, 0.05) is 5.69 Å². The van der Waals surface area contributed by atoms with Gasteiger partial charge in [-0.15, -0.1) is 0 Å². The number of anilines is 2. The van der Waals surface area contributed by atoms with E-state index in [1.165, 1.54) is 0 Å². The van der Waals surface area contributed by atoms with Crippen molar-refractivity contribution in [3.63, 3.8) is 0 Å². The van der Waals surface area contributed by atoms with Gasteiger partial charge < -0.3 is 5.32 Å². The van der Waals surface area contributed by atoms with E-state index in [2.05, 4.69) is 20.5 Å². The zero-order valence-electron chi connectivity index (χ0n) is 9.11. The minimum Gasteiger partial charge on any atom is -0.338 e. The Morgan fingerprint density at radius 1 is 1.25 bits per heavy atom. The molecule has 0 aliphatic carbocycles. The largest absolute Gasteiger partial charge is 0.363 e. The number of aryl methyl sites for hydroxylation is 2. The van der Waals surface area contributed by atoms with Gasteiger partial charge in [-0.1, -0.05) is 18.2 Å². The van der Waals surface area contributed by atoms with Crippen molar-refractivity contribution in [3.8, 4) is 0 Å². The molecule has 1 heterocycles. The fourth-order valence-corrected chi connectivity index (χ4v) is 1.35. The standard InChI is InChI=1S/C11H12N4O/c1-7-5-3-4-6-9(7)12-10-8(2)14-15-11(16)13-10/h3-6H,1-2H3,(H2,12,13,15,16). The average molecular weight is 216 g/mol. The highest BCUT2D eigenvalue weighted by Gasteiger charge is 2.04. The first-order chi connectivity index (χ1) is 7.66. The van der Waals surface area contributed by atoms with Crippen LogP contribution in [0.25, 0.3) is 0 Å². The number of aromatic amines is 1. The third kappa shape index (κ3) is 2.08. The lowest BCUT2D eigenvalue weighted by Gasteiger charge is -2.08. The summed E-state index contributed by atoms with van der Waals surface area (Å²) < 4.78 is 0. The van der Waals surface area contributed by atoms with Gasteiger partial charge >= 0.3 is 5.69 Å². The van der Waals surface area contributed by atoms with Crippen molar-refractivity contribution in [2.45, 2.75) is 13.8 Å². The molecule has 82 valence electrons. The molecule has 0 unspecified atom stereocenters. The first kappa shape index (κ1) is 10.4. The van der Waals surface area contributed by atoms with Crippen LogP contribution in [0.3, 0.4) is 0 Å². The third-order valence-electron chi connectivity index (χ3n) is 2.27. The van der Waals surface area contributed by atoms with Crippen molar-refractivity contribution in [1.29, 1.82) is 0 Å². The van der Waals surface area contributed by atoms with E-state index in [1.807, 2.05) is 31.2 Å². The molecule has 16 heavy (non-hydrogen) atoms. The Kier molecular flexibility index (Phi) is 2.68. The van der Waals surface area contributed by atoms with Crippen LogP contribution in [0.4, 0.5) is 11.5 Å². The van der Waals surface area contributed by atoms with Crippen LogP contribution in [-0.4, -0.2) is 15.2 Å². The van der Waals surface area contributed by atoms with Crippen LogP contribution in [0, 0.1) is 13.8 Å². The lowest BCUT2D eigenvalue weighted by Crippen LogP contribution is -2.15. The number of hydrogen-bond acceptors (Lipinski definition) is 4. The Balaban J connectivity index is 2.38. The quantitative estimate of drug-likeness (QED) is 0.798. The lowest BCUT2D eigenvalue weighted by molar-refractivity contribution is 0.884. The van der Waals surface area contributed by atoms with Crippen LogP contribution >= 0.6 is 0 Å². The molecule has 0 spiro atoms. The summed E-state index contributed by atoms with van der Waals surface area (Å²) in [5, 5.41) is 9.21. The van der Waals surface area contributed by atoms with Gasteiger partial charge in [-0.3, -0.25) is 0 Å². The molecule has 0 radical (unpaired) electrons. The van der Waals surface area contributed by atoms with E-state index >= 15 is 0 Å². The summed E-state index contributed by atoms with van der Waals surface area (Å²) >= 11 is 0. The van der Waals surface area contributed by atoms with Gasteiger partial charge in [0.25, 0.3) is 0 Å². The molecule has 0 fully saturated rings. The maximum absolute atomic E-state index is 11.0. The minimum atomic E-state index is -0.457. The van der Waals surface area contributed by atoms with Crippen molar-refractivity contribution in [2.75, 3.05) is 5.32 Å². The Hall–Kier alpha value is -2.17. The van der Waals surface area contributed by atoms with Crippen molar-refractivity contribution < 1.29 is 0 Å². The topological polar surface area (TPSA) is 70.7 Å². The van der Waals surface area contributed by atoms with E-state index < -0.39 is 5.69 Å². The molecule has 2 aromatic rings. The van der Waals surface area contributed by atoms with Crippen LogP contribution in [0.15, 0.2) is 29.1 Å². The molecule has 0 saturated heterocycles. The summed E-state index contributed by atoms with van der Waals surface area (Å²) in [6.45, 7) is 3.77. The Labute approximate surface area is 92.6 Å². The number of benzene rings is 1. The smallest absolute Gasteiger partial charge is 0.338 e. The number of aromatic nitrogens is 3. The minimum absolute atomic E-state index is 0.457. The zero-order chi connectivity index (χ0) is 11.5. The van der Waals surface area contributed by atoms with E-state index in [9.17, 15) is 4.79 Å². The number of nitrogens with zero attached hydrogens (tertiary/aromatic N) is 2. The summed E-state index contributed by atoms with van der Waals surface area (Å²) in [5.41, 5.74) is 2.21. The predicted molar refractivity (Wildman–Crippen MR) is 61.9 cm³/mol. The molecular weight excluding hydrogens is 204 g/mol. The Morgan fingerprint density at radius 2 is 2.00 bits per heavy atom. The number of nitrogens with one attached hydrogen (secondary N) is 2. The molecule has 2 rings (SSSR count). The van der Waals surface area contributed by atoms with Crippen LogP contribution < -0.4 is 11.0 Å². The number of H-pyrrole nitrogens is 1. The highest BCUT2D eigenvalue weighted by molar-refractivity contribution is 5.60. The van der Waals surface area contributed by atoms with Gasteiger partial charge in [0.05, 0.1) is 0 Å². The van der Waals surface area contributed by atoms with Gasteiger partial charge in [0.2, 0.25) is 0 Å². The fraction of sp³-hybridized carbons (Fsp3) is 0.182. The summed E-state index contributed by atoms with van der Waals surface area (Å²) in [6, 6.07) is 7.79. The van der Waals surface area contributed by atoms with Crippen molar-refractivity contribution in [2.24, 2.45) is 0 Å². The van der Waals surface area contributed by atoms with Gasteiger partial charge in [-0.2, -0.15) is 10.1 Å². The number of rotatable bonds is 2. The molecular formula is C11H12N4O. The maximum atomic E-state index is 11.0. The molecule has 5 heteroatoms. The van der Waals surface area contributed by atoms with Gasteiger partial charge in [-0.25, -0.2) is 9.89 Å². The van der Waals surface area contributed by atoms with Crippen molar-refractivity contribution in [1.82, 2.24) is 15.2 Å². The van der Waals surface area contributed by atoms with E-state index in [0.29, 0.717) is 11.5 Å². The van der Waals surface area contributed by atoms with Crippen LogP contribution in [0.1, 0.15) is 11.3 Å². The summed E-state index contributed by atoms with van der Waals surface area (Å²) in [7, 11) is 0. The SMILES string of the molecule is Cc1ccccc1Nc1nc(=O)[nH]nc1C. The second-order valence-electron chi connectivity index (χ2n) is 3.51. The monoisotopic (exact) mass is 216 g/mol. The highest BCUT2D eigenvalue weighted by Crippen LogP contribution is 2.18. The van der Waals surface area contributed by atoms with Crippen molar-refractivity contribution in [3.05, 3.63) is 46.0 Å². The molecule has 0 saturated carbocycles. The molecule has 1 aromatic carbocycles. The Morgan fingerprint density at radius 3 is 2.75 bits per heavy atom. The maximum Gasteiger partial charge on any atom is 0.363 e. The summed E-state index contributed by atoms with van der Waals surface area (Å²) in [5.74, 6) is 0.484. The lowest BCUT2D eigenvalue weighted by atomic mass is 10.2. The normalized spacial score (nSPS) is 10.1. The van der Waals surface area contributed by atoms with Gasteiger partial charge in [0.15, 0.2) is 5.82 Å². The molecule has 0 aliphatic rings. The Bertz CT molecular complexity index is 562. The molecule has 5 nitrogen and oxygen atoms in total. The van der Waals surface area contributed by atoms with E-state index in [4.69, 9.17) is 0 Å². The second kappa shape index (κ2) is 4.14. The molecule has 0 bridgehead atoms. The molecule has 1 aromatic heterocycles. The molecule has 0 aliphatic heterocycles. The second-order valence-corrected chi connectivity index (χ2v) is 3.51. The van der Waals surface area contributed by atoms with Gasteiger partial charge in [-0.05, 0) is 25.5 Å².